The van der Waals surface area contributed by atoms with E-state index >= 15 is 0 Å². The first-order valence-corrected chi connectivity index (χ1v) is 9.13. The van der Waals surface area contributed by atoms with Crippen LogP contribution in [-0.4, -0.2) is 18.4 Å². The molecule has 0 fully saturated rings. The maximum absolute atomic E-state index is 12.6. The van der Waals surface area contributed by atoms with Gasteiger partial charge in [0.05, 0.1) is 24.4 Å². The zero-order valence-electron chi connectivity index (χ0n) is 15.2. The molecular weight excluding hydrogens is 378 g/mol. The summed E-state index contributed by atoms with van der Waals surface area (Å²) >= 11 is 5.86. The first-order valence-electron chi connectivity index (χ1n) is 8.75. The molecule has 144 valence electrons. The van der Waals surface area contributed by atoms with Gasteiger partial charge in [-0.3, -0.25) is 9.59 Å². The molecule has 2 amide bonds. The van der Waals surface area contributed by atoms with Gasteiger partial charge in [-0.2, -0.15) is 0 Å². The first-order chi connectivity index (χ1) is 13.5. The summed E-state index contributed by atoms with van der Waals surface area (Å²) in [4.78, 5) is 24.8. The second kappa shape index (κ2) is 9.10. The largest absolute Gasteiger partial charge is 0.467 e. The molecule has 1 heterocycles. The van der Waals surface area contributed by atoms with E-state index in [-0.39, 0.29) is 24.4 Å². The third kappa shape index (κ3) is 5.14. The molecule has 3 aromatic rings. The van der Waals surface area contributed by atoms with Gasteiger partial charge in [0.1, 0.15) is 5.76 Å². The molecule has 7 heteroatoms. The summed E-state index contributed by atoms with van der Waals surface area (Å²) < 4.78 is 5.28. The molecule has 28 heavy (non-hydrogen) atoms. The van der Waals surface area contributed by atoms with Gasteiger partial charge in [0, 0.05) is 16.4 Å². The van der Waals surface area contributed by atoms with Crippen molar-refractivity contribution in [3.8, 4) is 0 Å². The Hall–Kier alpha value is -3.25. The maximum Gasteiger partial charge on any atom is 0.257 e. The highest BCUT2D eigenvalue weighted by Crippen LogP contribution is 2.19. The van der Waals surface area contributed by atoms with E-state index in [1.807, 2.05) is 6.92 Å². The predicted molar refractivity (Wildman–Crippen MR) is 110 cm³/mol. The van der Waals surface area contributed by atoms with E-state index < -0.39 is 0 Å². The Labute approximate surface area is 167 Å². The molecule has 0 spiro atoms. The third-order valence-corrected chi connectivity index (χ3v) is 4.31. The number of amides is 2. The Bertz CT molecular complexity index is 940. The standard InChI is InChI=1S/C21H20ClN3O3/c1-14(19-7-4-12-28-19)24-20(26)13-23-18-6-3-2-5-17(18)21(27)25-16-10-8-15(22)9-11-16/h2-12,14,23H,13H2,1H3,(H,24,26)(H,25,27). The molecule has 3 N–H and O–H groups in total. The van der Waals surface area contributed by atoms with Crippen molar-refractivity contribution in [2.24, 2.45) is 0 Å². The highest BCUT2D eigenvalue weighted by Gasteiger charge is 2.14. The first kappa shape index (κ1) is 19.5. The summed E-state index contributed by atoms with van der Waals surface area (Å²) in [5, 5.41) is 9.26. The molecule has 1 aromatic heterocycles. The van der Waals surface area contributed by atoms with Crippen LogP contribution >= 0.6 is 11.6 Å². The minimum atomic E-state index is -0.283. The molecule has 0 saturated heterocycles. The molecule has 0 bridgehead atoms. The number of carbonyl (C=O) groups excluding carboxylic acids is 2. The van der Waals surface area contributed by atoms with Gasteiger partial charge >= 0.3 is 0 Å². The molecule has 0 aliphatic heterocycles. The lowest BCUT2D eigenvalue weighted by Crippen LogP contribution is -2.32. The van der Waals surface area contributed by atoms with Gasteiger partial charge in [-0.25, -0.2) is 0 Å². The topological polar surface area (TPSA) is 83.4 Å². The number of carbonyl (C=O) groups is 2. The van der Waals surface area contributed by atoms with Gasteiger partial charge in [-0.05, 0) is 55.5 Å². The van der Waals surface area contributed by atoms with Crippen LogP contribution in [-0.2, 0) is 4.79 Å². The van der Waals surface area contributed by atoms with Crippen molar-refractivity contribution >= 4 is 34.8 Å². The Morgan fingerprint density at radius 3 is 2.50 bits per heavy atom. The van der Waals surface area contributed by atoms with Crippen molar-refractivity contribution in [3.05, 3.63) is 83.3 Å². The molecule has 3 rings (SSSR count). The van der Waals surface area contributed by atoms with Crippen molar-refractivity contribution in [2.75, 3.05) is 17.2 Å². The van der Waals surface area contributed by atoms with E-state index in [2.05, 4.69) is 16.0 Å². The van der Waals surface area contributed by atoms with E-state index in [0.29, 0.717) is 27.7 Å². The molecule has 2 aromatic carbocycles. The van der Waals surface area contributed by atoms with Crippen LogP contribution in [0.4, 0.5) is 11.4 Å². The van der Waals surface area contributed by atoms with Crippen LogP contribution in [0.25, 0.3) is 0 Å². The fraction of sp³-hybridized carbons (Fsp3) is 0.143. The summed E-state index contributed by atoms with van der Waals surface area (Å²) in [6, 6.07) is 17.2. The summed E-state index contributed by atoms with van der Waals surface area (Å²) in [5.74, 6) is 0.183. The lowest BCUT2D eigenvalue weighted by molar-refractivity contribution is -0.120. The smallest absolute Gasteiger partial charge is 0.257 e. The summed E-state index contributed by atoms with van der Waals surface area (Å²) in [6.45, 7) is 1.86. The van der Waals surface area contributed by atoms with Crippen LogP contribution in [0, 0.1) is 0 Å². The quantitative estimate of drug-likeness (QED) is 0.549. The second-order valence-electron chi connectivity index (χ2n) is 6.16. The zero-order valence-corrected chi connectivity index (χ0v) is 16.0. The predicted octanol–water partition coefficient (Wildman–Crippen LogP) is 4.47. The minimum absolute atomic E-state index is 0.0241. The number of furan rings is 1. The van der Waals surface area contributed by atoms with Crippen LogP contribution < -0.4 is 16.0 Å². The number of anilines is 2. The van der Waals surface area contributed by atoms with Gasteiger partial charge in [0.25, 0.3) is 5.91 Å². The monoisotopic (exact) mass is 397 g/mol. The second-order valence-corrected chi connectivity index (χ2v) is 6.60. The van der Waals surface area contributed by atoms with E-state index in [1.165, 1.54) is 0 Å². The molecule has 1 unspecified atom stereocenters. The molecule has 0 aliphatic carbocycles. The fourth-order valence-electron chi connectivity index (χ4n) is 2.64. The highest BCUT2D eigenvalue weighted by molar-refractivity contribution is 6.30. The number of hydrogen-bond donors (Lipinski definition) is 3. The summed E-state index contributed by atoms with van der Waals surface area (Å²) in [6.07, 6.45) is 1.56. The normalized spacial score (nSPS) is 11.5. The van der Waals surface area contributed by atoms with Crippen LogP contribution in [0.15, 0.2) is 71.3 Å². The fourth-order valence-corrected chi connectivity index (χ4v) is 2.77. The van der Waals surface area contributed by atoms with Gasteiger partial charge < -0.3 is 20.4 Å². The average molecular weight is 398 g/mol. The van der Waals surface area contributed by atoms with E-state index in [9.17, 15) is 9.59 Å². The lowest BCUT2D eigenvalue weighted by atomic mass is 10.1. The molecular formula is C21H20ClN3O3. The molecule has 0 radical (unpaired) electrons. The third-order valence-electron chi connectivity index (χ3n) is 4.06. The van der Waals surface area contributed by atoms with E-state index in [4.69, 9.17) is 16.0 Å². The maximum atomic E-state index is 12.6. The van der Waals surface area contributed by atoms with E-state index in [0.717, 1.165) is 0 Å². The molecule has 6 nitrogen and oxygen atoms in total. The van der Waals surface area contributed by atoms with Crippen molar-refractivity contribution in [1.29, 1.82) is 0 Å². The van der Waals surface area contributed by atoms with Crippen LogP contribution in [0.1, 0.15) is 29.1 Å². The Morgan fingerprint density at radius 1 is 1.04 bits per heavy atom. The van der Waals surface area contributed by atoms with Crippen LogP contribution in [0.2, 0.25) is 5.02 Å². The Kier molecular flexibility index (Phi) is 6.34. The van der Waals surface area contributed by atoms with Crippen molar-refractivity contribution in [3.63, 3.8) is 0 Å². The van der Waals surface area contributed by atoms with Crippen molar-refractivity contribution < 1.29 is 14.0 Å². The highest BCUT2D eigenvalue weighted by atomic mass is 35.5. The van der Waals surface area contributed by atoms with Crippen LogP contribution in [0.3, 0.4) is 0 Å². The summed E-state index contributed by atoms with van der Waals surface area (Å²) in [7, 11) is 0. The summed E-state index contributed by atoms with van der Waals surface area (Å²) in [5.41, 5.74) is 1.63. The van der Waals surface area contributed by atoms with Gasteiger partial charge in [-0.1, -0.05) is 23.7 Å². The number of rotatable bonds is 7. The number of benzene rings is 2. The van der Waals surface area contributed by atoms with Gasteiger partial charge in [-0.15, -0.1) is 0 Å². The van der Waals surface area contributed by atoms with Crippen LogP contribution in [0.5, 0.6) is 0 Å². The Morgan fingerprint density at radius 2 is 1.79 bits per heavy atom. The van der Waals surface area contributed by atoms with Crippen molar-refractivity contribution in [2.45, 2.75) is 13.0 Å². The Balaban J connectivity index is 1.61. The van der Waals surface area contributed by atoms with Gasteiger partial charge in [0.2, 0.25) is 5.91 Å². The zero-order chi connectivity index (χ0) is 19.9. The molecule has 1 atom stereocenters. The lowest BCUT2D eigenvalue weighted by Gasteiger charge is -2.14. The van der Waals surface area contributed by atoms with E-state index in [1.54, 1.807) is 66.9 Å². The number of halogens is 1. The number of hydrogen-bond acceptors (Lipinski definition) is 4. The minimum Gasteiger partial charge on any atom is -0.467 e. The SMILES string of the molecule is CC(NC(=O)CNc1ccccc1C(=O)Nc1ccc(Cl)cc1)c1ccco1. The molecule has 0 saturated carbocycles. The van der Waals surface area contributed by atoms with Gasteiger partial charge in [0.15, 0.2) is 0 Å². The average Bonchev–Trinajstić information content (AvgIpc) is 3.23. The number of para-hydroxylation sites is 1. The van der Waals surface area contributed by atoms with Crippen molar-refractivity contribution in [1.82, 2.24) is 5.32 Å². The number of nitrogens with one attached hydrogen (secondary N) is 3. The molecule has 0 aliphatic rings.